The molecule has 0 aliphatic heterocycles. The standard InChI is InChI=1S/C14H13NO3/c16-11-7-4-8-12(17)13(11)14(18)15-9-10-5-2-1-3-6-10/h1-8,16-17H,9H2,(H,15,18). The zero-order valence-electron chi connectivity index (χ0n) is 9.63. The van der Waals surface area contributed by atoms with Crippen molar-refractivity contribution in [1.82, 2.24) is 5.32 Å². The third kappa shape index (κ3) is 2.60. The third-order valence-electron chi connectivity index (χ3n) is 2.54. The molecule has 4 nitrogen and oxygen atoms in total. The van der Waals surface area contributed by atoms with Gasteiger partial charge in [-0.3, -0.25) is 4.79 Å². The van der Waals surface area contributed by atoms with Crippen LogP contribution in [0.5, 0.6) is 11.5 Å². The fourth-order valence-electron chi connectivity index (χ4n) is 1.63. The van der Waals surface area contributed by atoms with E-state index in [1.54, 1.807) is 0 Å². The maximum absolute atomic E-state index is 11.8. The van der Waals surface area contributed by atoms with Crippen LogP contribution in [0, 0.1) is 0 Å². The van der Waals surface area contributed by atoms with Gasteiger partial charge in [0.25, 0.3) is 5.91 Å². The number of carbonyl (C=O) groups is 1. The van der Waals surface area contributed by atoms with Gasteiger partial charge in [-0.05, 0) is 17.7 Å². The van der Waals surface area contributed by atoms with Gasteiger partial charge in [-0.2, -0.15) is 0 Å². The number of nitrogens with one attached hydrogen (secondary N) is 1. The maximum Gasteiger partial charge on any atom is 0.259 e. The van der Waals surface area contributed by atoms with Crippen molar-refractivity contribution in [2.75, 3.05) is 0 Å². The van der Waals surface area contributed by atoms with Gasteiger partial charge in [0.2, 0.25) is 0 Å². The molecule has 2 aromatic rings. The molecule has 2 rings (SSSR count). The predicted octanol–water partition coefficient (Wildman–Crippen LogP) is 2.03. The summed E-state index contributed by atoms with van der Waals surface area (Å²) in [4.78, 5) is 11.8. The Morgan fingerprint density at radius 2 is 1.56 bits per heavy atom. The van der Waals surface area contributed by atoms with Gasteiger partial charge in [0.1, 0.15) is 17.1 Å². The van der Waals surface area contributed by atoms with Crippen LogP contribution in [-0.4, -0.2) is 16.1 Å². The van der Waals surface area contributed by atoms with Crippen LogP contribution in [0.25, 0.3) is 0 Å². The lowest BCUT2D eigenvalue weighted by Gasteiger charge is -2.08. The van der Waals surface area contributed by atoms with Crippen LogP contribution >= 0.6 is 0 Å². The maximum atomic E-state index is 11.8. The summed E-state index contributed by atoms with van der Waals surface area (Å²) in [5, 5.41) is 21.7. The highest BCUT2D eigenvalue weighted by Gasteiger charge is 2.15. The van der Waals surface area contributed by atoms with Crippen LogP contribution in [0.1, 0.15) is 15.9 Å². The van der Waals surface area contributed by atoms with Crippen LogP contribution in [-0.2, 0) is 6.54 Å². The molecule has 0 atom stereocenters. The molecule has 0 heterocycles. The Bertz CT molecular complexity index is 532. The normalized spacial score (nSPS) is 10.0. The van der Waals surface area contributed by atoms with E-state index in [0.717, 1.165) is 5.56 Å². The second-order valence-electron chi connectivity index (χ2n) is 3.84. The summed E-state index contributed by atoms with van der Waals surface area (Å²) >= 11 is 0. The Hall–Kier alpha value is -2.49. The Labute approximate surface area is 105 Å². The summed E-state index contributed by atoms with van der Waals surface area (Å²) < 4.78 is 0. The molecule has 0 saturated carbocycles. The number of amides is 1. The molecule has 3 N–H and O–H groups in total. The second-order valence-corrected chi connectivity index (χ2v) is 3.84. The SMILES string of the molecule is O=C(NCc1ccccc1)c1c(O)cccc1O. The Morgan fingerprint density at radius 1 is 0.944 bits per heavy atom. The molecule has 92 valence electrons. The number of hydrogen-bond acceptors (Lipinski definition) is 3. The molecule has 0 spiro atoms. The number of rotatable bonds is 3. The number of phenolic OH excluding ortho intramolecular Hbond substituents is 2. The van der Waals surface area contributed by atoms with E-state index in [2.05, 4.69) is 5.32 Å². The number of benzene rings is 2. The molecule has 1 amide bonds. The molecule has 0 fully saturated rings. The zero-order valence-corrected chi connectivity index (χ0v) is 9.63. The molecule has 0 bridgehead atoms. The van der Waals surface area contributed by atoms with Crippen molar-refractivity contribution in [2.45, 2.75) is 6.54 Å². The lowest BCUT2D eigenvalue weighted by atomic mass is 10.1. The van der Waals surface area contributed by atoms with Crippen LogP contribution in [0.4, 0.5) is 0 Å². The number of carbonyl (C=O) groups excluding carboxylic acids is 1. The van der Waals surface area contributed by atoms with Crippen molar-refractivity contribution < 1.29 is 15.0 Å². The molecular weight excluding hydrogens is 230 g/mol. The Morgan fingerprint density at radius 3 is 2.17 bits per heavy atom. The van der Waals surface area contributed by atoms with Gasteiger partial charge in [-0.25, -0.2) is 0 Å². The third-order valence-corrected chi connectivity index (χ3v) is 2.54. The van der Waals surface area contributed by atoms with Gasteiger partial charge >= 0.3 is 0 Å². The lowest BCUT2D eigenvalue weighted by Crippen LogP contribution is -2.22. The second kappa shape index (κ2) is 5.23. The summed E-state index contributed by atoms with van der Waals surface area (Å²) in [6.45, 7) is 0.341. The summed E-state index contributed by atoms with van der Waals surface area (Å²) in [7, 11) is 0. The highest BCUT2D eigenvalue weighted by Crippen LogP contribution is 2.25. The summed E-state index contributed by atoms with van der Waals surface area (Å²) in [5.74, 6) is -0.976. The topological polar surface area (TPSA) is 69.6 Å². The molecule has 4 heteroatoms. The average molecular weight is 243 g/mol. The minimum atomic E-state index is -0.505. The number of phenols is 2. The Balaban J connectivity index is 2.09. The van der Waals surface area contributed by atoms with Gasteiger partial charge in [0, 0.05) is 6.54 Å². The minimum absolute atomic E-state index is 0.103. The van der Waals surface area contributed by atoms with Gasteiger partial charge in [0.15, 0.2) is 0 Å². The summed E-state index contributed by atoms with van der Waals surface area (Å²) in [6, 6.07) is 13.6. The zero-order chi connectivity index (χ0) is 13.0. The average Bonchev–Trinajstić information content (AvgIpc) is 2.37. The lowest BCUT2D eigenvalue weighted by molar-refractivity contribution is 0.0945. The molecule has 0 aliphatic rings. The molecule has 0 radical (unpaired) electrons. The van der Waals surface area contributed by atoms with Crippen LogP contribution in [0.3, 0.4) is 0 Å². The summed E-state index contributed by atoms with van der Waals surface area (Å²) in [5.41, 5.74) is 0.842. The molecule has 0 saturated heterocycles. The molecule has 0 unspecified atom stereocenters. The monoisotopic (exact) mass is 243 g/mol. The van der Waals surface area contributed by atoms with Crippen LogP contribution in [0.15, 0.2) is 48.5 Å². The smallest absolute Gasteiger partial charge is 0.259 e. The van der Waals surface area contributed by atoms with Crippen LogP contribution in [0.2, 0.25) is 0 Å². The summed E-state index contributed by atoms with van der Waals surface area (Å²) in [6.07, 6.45) is 0. The predicted molar refractivity (Wildman–Crippen MR) is 67.4 cm³/mol. The highest BCUT2D eigenvalue weighted by atomic mass is 16.3. The van der Waals surface area contributed by atoms with Crippen molar-refractivity contribution in [1.29, 1.82) is 0 Å². The number of aromatic hydroxyl groups is 2. The van der Waals surface area contributed by atoms with Gasteiger partial charge < -0.3 is 15.5 Å². The van der Waals surface area contributed by atoms with E-state index in [-0.39, 0.29) is 17.1 Å². The van der Waals surface area contributed by atoms with Crippen LogP contribution < -0.4 is 5.32 Å². The molecule has 2 aromatic carbocycles. The largest absolute Gasteiger partial charge is 0.507 e. The Kier molecular flexibility index (Phi) is 3.48. The fraction of sp³-hybridized carbons (Fsp3) is 0.0714. The number of hydrogen-bond donors (Lipinski definition) is 3. The van der Waals surface area contributed by atoms with Crippen molar-refractivity contribution in [3.8, 4) is 11.5 Å². The van der Waals surface area contributed by atoms with Crippen molar-refractivity contribution in [2.24, 2.45) is 0 Å². The van der Waals surface area contributed by atoms with E-state index in [0.29, 0.717) is 6.54 Å². The van der Waals surface area contributed by atoms with Gasteiger partial charge in [0.05, 0.1) is 0 Å². The van der Waals surface area contributed by atoms with E-state index >= 15 is 0 Å². The van der Waals surface area contributed by atoms with E-state index in [1.165, 1.54) is 18.2 Å². The molecular formula is C14H13NO3. The first kappa shape index (κ1) is 12.0. The molecule has 0 aromatic heterocycles. The van der Waals surface area contributed by atoms with E-state index < -0.39 is 5.91 Å². The quantitative estimate of drug-likeness (QED) is 0.772. The van der Waals surface area contributed by atoms with Crippen molar-refractivity contribution in [3.05, 3.63) is 59.7 Å². The first-order valence-electron chi connectivity index (χ1n) is 5.51. The van der Waals surface area contributed by atoms with Gasteiger partial charge in [-0.1, -0.05) is 36.4 Å². The van der Waals surface area contributed by atoms with E-state index in [1.807, 2.05) is 30.3 Å². The van der Waals surface area contributed by atoms with E-state index in [9.17, 15) is 15.0 Å². The minimum Gasteiger partial charge on any atom is -0.507 e. The first-order chi connectivity index (χ1) is 8.68. The van der Waals surface area contributed by atoms with Crippen molar-refractivity contribution >= 4 is 5.91 Å². The molecule has 0 aliphatic carbocycles. The van der Waals surface area contributed by atoms with Gasteiger partial charge in [-0.15, -0.1) is 0 Å². The van der Waals surface area contributed by atoms with Crippen molar-refractivity contribution in [3.63, 3.8) is 0 Å². The first-order valence-corrected chi connectivity index (χ1v) is 5.51. The molecule has 18 heavy (non-hydrogen) atoms. The highest BCUT2D eigenvalue weighted by molar-refractivity contribution is 5.99. The fourth-order valence-corrected chi connectivity index (χ4v) is 1.63. The van der Waals surface area contributed by atoms with E-state index in [4.69, 9.17) is 0 Å².